The van der Waals surface area contributed by atoms with E-state index in [0.717, 1.165) is 24.3 Å². The molecule has 10 nitrogen and oxygen atoms in total. The second kappa shape index (κ2) is 11.4. The van der Waals surface area contributed by atoms with Gasteiger partial charge >= 0.3 is 23.9 Å². The summed E-state index contributed by atoms with van der Waals surface area (Å²) >= 11 is 0. The summed E-state index contributed by atoms with van der Waals surface area (Å²) in [6, 6.07) is 24.8. The lowest BCUT2D eigenvalue weighted by molar-refractivity contribution is 0.0510. The number of benzene rings is 4. The van der Waals surface area contributed by atoms with Crippen LogP contribution in [0.3, 0.4) is 0 Å². The fourth-order valence-corrected chi connectivity index (χ4v) is 4.21. The minimum atomic E-state index is -1.45. The Hall–Kier alpha value is -5.64. The van der Waals surface area contributed by atoms with Gasteiger partial charge in [-0.3, -0.25) is 0 Å². The first-order valence-electron chi connectivity index (χ1n) is 11.8. The van der Waals surface area contributed by atoms with Crippen LogP contribution in [0.2, 0.25) is 0 Å². The maximum absolute atomic E-state index is 11.8. The second-order valence-corrected chi connectivity index (χ2v) is 8.59. The molecule has 10 heteroatoms. The molecule has 0 aromatic heterocycles. The third kappa shape index (κ3) is 5.60. The van der Waals surface area contributed by atoms with Gasteiger partial charge in [0.2, 0.25) is 0 Å². The number of aromatic carboxylic acids is 4. The van der Waals surface area contributed by atoms with Gasteiger partial charge in [-0.25, -0.2) is 19.2 Å². The van der Waals surface area contributed by atoms with Crippen molar-refractivity contribution in [2.45, 2.75) is 5.60 Å². The van der Waals surface area contributed by atoms with Gasteiger partial charge in [-0.2, -0.15) is 0 Å². The molecule has 0 saturated heterocycles. The Bertz CT molecular complexity index is 1540. The summed E-state index contributed by atoms with van der Waals surface area (Å²) in [5.74, 6) is -5.64. The summed E-state index contributed by atoms with van der Waals surface area (Å²) in [6.07, 6.45) is 0. The van der Waals surface area contributed by atoms with Gasteiger partial charge < -0.3 is 29.9 Å². The molecule has 0 spiro atoms. The average molecular weight is 542 g/mol. The highest BCUT2D eigenvalue weighted by molar-refractivity contribution is 6.02. The Morgan fingerprint density at radius 1 is 0.525 bits per heavy atom. The molecule has 0 bridgehead atoms. The van der Waals surface area contributed by atoms with Crippen LogP contribution in [0.1, 0.15) is 52.6 Å². The first kappa shape index (κ1) is 27.4. The van der Waals surface area contributed by atoms with E-state index in [4.69, 9.17) is 9.47 Å². The van der Waals surface area contributed by atoms with Gasteiger partial charge in [0.1, 0.15) is 18.1 Å². The molecule has 40 heavy (non-hydrogen) atoms. The molecule has 0 radical (unpaired) electrons. The van der Waals surface area contributed by atoms with Crippen molar-refractivity contribution in [2.24, 2.45) is 0 Å². The largest absolute Gasteiger partial charge is 0.489 e. The molecule has 0 aliphatic rings. The van der Waals surface area contributed by atoms with Crippen molar-refractivity contribution in [3.05, 3.63) is 130 Å². The lowest BCUT2D eigenvalue weighted by Crippen LogP contribution is -2.41. The van der Waals surface area contributed by atoms with E-state index < -0.39 is 51.7 Å². The molecule has 202 valence electrons. The predicted molar refractivity (Wildman–Crippen MR) is 141 cm³/mol. The molecule has 4 aromatic rings. The van der Waals surface area contributed by atoms with Crippen LogP contribution in [0.15, 0.2) is 97.1 Å². The number of carboxylic acid groups (broad SMARTS) is 4. The fourth-order valence-electron chi connectivity index (χ4n) is 4.21. The summed E-state index contributed by atoms with van der Waals surface area (Å²) in [6.45, 7) is -0.268. The Morgan fingerprint density at radius 3 is 1.35 bits per heavy atom. The van der Waals surface area contributed by atoms with Crippen molar-refractivity contribution >= 4 is 23.9 Å². The number of hydrogen-bond donors (Lipinski definition) is 4. The van der Waals surface area contributed by atoms with E-state index in [1.807, 2.05) is 0 Å². The van der Waals surface area contributed by atoms with Crippen molar-refractivity contribution in [3.63, 3.8) is 0 Å². The van der Waals surface area contributed by atoms with Crippen molar-refractivity contribution in [3.8, 4) is 11.5 Å². The van der Waals surface area contributed by atoms with Crippen molar-refractivity contribution in [1.82, 2.24) is 0 Å². The van der Waals surface area contributed by atoms with E-state index in [2.05, 4.69) is 0 Å². The van der Waals surface area contributed by atoms with Crippen molar-refractivity contribution in [2.75, 3.05) is 6.61 Å². The summed E-state index contributed by atoms with van der Waals surface area (Å²) in [4.78, 5) is 46.5. The summed E-state index contributed by atoms with van der Waals surface area (Å²) in [7, 11) is 0. The minimum Gasteiger partial charge on any atom is -0.489 e. The molecule has 0 saturated carbocycles. The summed E-state index contributed by atoms with van der Waals surface area (Å²) in [5.41, 5.74) is -2.05. The van der Waals surface area contributed by atoms with E-state index in [9.17, 15) is 39.6 Å². The first-order chi connectivity index (χ1) is 19.1. The van der Waals surface area contributed by atoms with Crippen LogP contribution in [0.4, 0.5) is 0 Å². The molecule has 0 amide bonds. The Kier molecular flexibility index (Phi) is 7.81. The van der Waals surface area contributed by atoms with Gasteiger partial charge in [-0.05, 0) is 36.4 Å². The Morgan fingerprint density at radius 2 is 0.925 bits per heavy atom. The third-order valence-corrected chi connectivity index (χ3v) is 6.12. The van der Waals surface area contributed by atoms with Gasteiger partial charge in [0, 0.05) is 11.1 Å². The Balaban J connectivity index is 1.85. The number of carboxylic acids is 4. The Labute approximate surface area is 227 Å². The number of hydrogen-bond acceptors (Lipinski definition) is 6. The highest BCUT2D eigenvalue weighted by Gasteiger charge is 2.39. The van der Waals surface area contributed by atoms with Gasteiger partial charge in [-0.15, -0.1) is 0 Å². The van der Waals surface area contributed by atoms with Crippen LogP contribution in [-0.4, -0.2) is 50.9 Å². The van der Waals surface area contributed by atoms with E-state index >= 15 is 0 Å². The highest BCUT2D eigenvalue weighted by atomic mass is 16.5. The van der Waals surface area contributed by atoms with Crippen LogP contribution >= 0.6 is 0 Å². The molecular formula is C30H22O10. The zero-order valence-electron chi connectivity index (χ0n) is 20.7. The van der Waals surface area contributed by atoms with Crippen molar-refractivity contribution in [1.29, 1.82) is 0 Å². The molecule has 4 N–H and O–H groups in total. The van der Waals surface area contributed by atoms with Crippen LogP contribution < -0.4 is 9.47 Å². The molecule has 0 heterocycles. The predicted octanol–water partition coefficient (Wildman–Crippen LogP) is 4.88. The molecule has 0 aliphatic heterocycles. The van der Waals surface area contributed by atoms with Gasteiger partial charge in [-0.1, -0.05) is 60.7 Å². The zero-order chi connectivity index (χ0) is 28.9. The summed E-state index contributed by atoms with van der Waals surface area (Å²) < 4.78 is 12.5. The molecular weight excluding hydrogens is 520 g/mol. The van der Waals surface area contributed by atoms with E-state index in [1.165, 1.54) is 12.1 Å². The minimum absolute atomic E-state index is 0.0335. The lowest BCUT2D eigenvalue weighted by Gasteiger charge is -2.35. The number of carbonyl (C=O) groups is 4. The normalized spacial score (nSPS) is 10.9. The SMILES string of the molecule is O=C(O)c1ccc(OCC(Oc2ccc(C(=O)O)c(C(=O)O)c2)(c2ccccc2)c2ccccc2)cc1C(=O)O. The van der Waals surface area contributed by atoms with Gasteiger partial charge in [0.15, 0.2) is 5.60 Å². The lowest BCUT2D eigenvalue weighted by atomic mass is 9.86. The van der Waals surface area contributed by atoms with Crippen LogP contribution in [0.25, 0.3) is 0 Å². The molecule has 0 unspecified atom stereocenters. The first-order valence-corrected chi connectivity index (χ1v) is 11.8. The standard InChI is InChI=1S/C30H22O10/c31-26(32)22-13-11-20(15-24(22)28(35)36)39-17-30(18-7-3-1-4-8-18,19-9-5-2-6-10-19)40-21-12-14-23(27(33)34)25(16-21)29(37)38/h1-16H,17H2,(H,31,32)(H,33,34)(H,35,36)(H,37,38). The van der Waals surface area contributed by atoms with E-state index in [1.54, 1.807) is 60.7 Å². The van der Waals surface area contributed by atoms with E-state index in [-0.39, 0.29) is 18.1 Å². The quantitative estimate of drug-likeness (QED) is 0.205. The smallest absolute Gasteiger partial charge is 0.336 e. The van der Waals surface area contributed by atoms with Gasteiger partial charge in [0.05, 0.1) is 22.3 Å². The van der Waals surface area contributed by atoms with Crippen LogP contribution in [0, 0.1) is 0 Å². The maximum atomic E-state index is 11.8. The number of rotatable bonds is 11. The zero-order valence-corrected chi connectivity index (χ0v) is 20.7. The van der Waals surface area contributed by atoms with E-state index in [0.29, 0.717) is 11.1 Å². The molecule has 0 aliphatic carbocycles. The third-order valence-electron chi connectivity index (χ3n) is 6.12. The highest BCUT2D eigenvalue weighted by Crippen LogP contribution is 2.37. The van der Waals surface area contributed by atoms with Gasteiger partial charge in [0.25, 0.3) is 0 Å². The molecule has 0 fully saturated rings. The average Bonchev–Trinajstić information content (AvgIpc) is 2.95. The summed E-state index contributed by atoms with van der Waals surface area (Å²) in [5, 5.41) is 37.9. The molecule has 0 atom stereocenters. The van der Waals surface area contributed by atoms with Crippen LogP contribution in [-0.2, 0) is 5.60 Å². The molecule has 4 rings (SSSR count). The molecule has 4 aromatic carbocycles. The van der Waals surface area contributed by atoms with Crippen LogP contribution in [0.5, 0.6) is 11.5 Å². The maximum Gasteiger partial charge on any atom is 0.336 e. The van der Waals surface area contributed by atoms with Crippen molar-refractivity contribution < 1.29 is 49.1 Å². The topological polar surface area (TPSA) is 168 Å². The fraction of sp³-hybridized carbons (Fsp3) is 0.0667. The second-order valence-electron chi connectivity index (χ2n) is 8.59. The monoisotopic (exact) mass is 542 g/mol. The number of ether oxygens (including phenoxy) is 2.